The first-order valence-corrected chi connectivity index (χ1v) is 7.67. The maximum absolute atomic E-state index is 12.8. The maximum atomic E-state index is 12.8. The van der Waals surface area contributed by atoms with Crippen LogP contribution >= 0.6 is 11.6 Å². The van der Waals surface area contributed by atoms with Gasteiger partial charge in [-0.15, -0.1) is 0 Å². The predicted molar refractivity (Wildman–Crippen MR) is 86.2 cm³/mol. The lowest BCUT2D eigenvalue weighted by molar-refractivity contribution is 0.0726. The molecule has 6 nitrogen and oxygen atoms in total. The van der Waals surface area contributed by atoms with Crippen molar-refractivity contribution >= 4 is 17.5 Å². The maximum Gasteiger partial charge on any atom is 0.276 e. The molecule has 3 rings (SSSR count). The lowest BCUT2D eigenvalue weighted by Gasteiger charge is -2.19. The van der Waals surface area contributed by atoms with E-state index in [1.54, 1.807) is 23.7 Å². The van der Waals surface area contributed by atoms with Gasteiger partial charge in [-0.1, -0.05) is 11.6 Å². The van der Waals surface area contributed by atoms with Gasteiger partial charge in [0.15, 0.2) is 5.69 Å². The van der Waals surface area contributed by atoms with Crippen LogP contribution in [0.2, 0.25) is 5.02 Å². The normalized spacial score (nSPS) is 14.0. The van der Waals surface area contributed by atoms with Gasteiger partial charge in [0.05, 0.1) is 24.4 Å². The summed E-state index contributed by atoms with van der Waals surface area (Å²) in [4.78, 5) is 14.5. The quantitative estimate of drug-likeness (QED) is 0.845. The smallest absolute Gasteiger partial charge is 0.276 e. The summed E-state index contributed by atoms with van der Waals surface area (Å²) in [5.41, 5.74) is 1.94. The minimum Gasteiger partial charge on any atom is -0.497 e. The molecule has 0 aliphatic carbocycles. The van der Waals surface area contributed by atoms with E-state index in [0.717, 1.165) is 22.8 Å². The fourth-order valence-electron chi connectivity index (χ4n) is 2.54. The molecule has 0 N–H and O–H groups in total. The average molecular weight is 336 g/mol. The first kappa shape index (κ1) is 15.7. The van der Waals surface area contributed by atoms with E-state index in [0.29, 0.717) is 24.7 Å². The van der Waals surface area contributed by atoms with Gasteiger partial charge in [-0.2, -0.15) is 5.10 Å². The van der Waals surface area contributed by atoms with Crippen molar-refractivity contribution in [3.63, 3.8) is 0 Å². The topological polar surface area (TPSA) is 56.6 Å². The molecule has 2 aromatic rings. The SMILES string of the molecule is COc1ccc2c(c1)CN(C(=O)c1nn(C)c(C)c1Cl)CCO2. The molecule has 2 heterocycles. The van der Waals surface area contributed by atoms with E-state index in [1.165, 1.54) is 0 Å². The van der Waals surface area contributed by atoms with E-state index < -0.39 is 0 Å². The van der Waals surface area contributed by atoms with Crippen LogP contribution in [0.5, 0.6) is 11.5 Å². The molecule has 0 bridgehead atoms. The third-order valence-corrected chi connectivity index (χ3v) is 4.45. The molecule has 122 valence electrons. The number of fused-ring (bicyclic) bond motifs is 1. The number of carbonyl (C=O) groups excluding carboxylic acids is 1. The van der Waals surface area contributed by atoms with Crippen LogP contribution in [0.4, 0.5) is 0 Å². The van der Waals surface area contributed by atoms with Crippen LogP contribution in [0.15, 0.2) is 18.2 Å². The Hall–Kier alpha value is -2.21. The Labute approximate surface area is 139 Å². The summed E-state index contributed by atoms with van der Waals surface area (Å²) in [7, 11) is 3.38. The minimum atomic E-state index is -0.196. The molecule has 0 fully saturated rings. The van der Waals surface area contributed by atoms with Gasteiger partial charge in [0.1, 0.15) is 18.1 Å². The zero-order chi connectivity index (χ0) is 16.6. The first-order valence-electron chi connectivity index (χ1n) is 7.29. The number of hydrogen-bond acceptors (Lipinski definition) is 4. The van der Waals surface area contributed by atoms with E-state index in [2.05, 4.69) is 5.10 Å². The Bertz CT molecular complexity index is 757. The van der Waals surface area contributed by atoms with Crippen LogP contribution in [0.3, 0.4) is 0 Å². The number of amides is 1. The van der Waals surface area contributed by atoms with Crippen LogP contribution in [0.25, 0.3) is 0 Å². The van der Waals surface area contributed by atoms with E-state index in [9.17, 15) is 4.79 Å². The second-order valence-corrected chi connectivity index (χ2v) is 5.80. The summed E-state index contributed by atoms with van der Waals surface area (Å²) in [6.45, 7) is 3.16. The highest BCUT2D eigenvalue weighted by atomic mass is 35.5. The summed E-state index contributed by atoms with van der Waals surface area (Å²) in [5.74, 6) is 1.30. The van der Waals surface area contributed by atoms with Gasteiger partial charge in [-0.25, -0.2) is 0 Å². The standard InChI is InChI=1S/C16H18ClN3O3/c1-10-14(17)15(18-19(10)2)16(21)20-6-7-23-13-5-4-12(22-3)8-11(13)9-20/h4-5,8H,6-7,9H2,1-3H3. The van der Waals surface area contributed by atoms with Crippen molar-refractivity contribution in [1.82, 2.24) is 14.7 Å². The van der Waals surface area contributed by atoms with Crippen LogP contribution in [0.1, 0.15) is 21.7 Å². The van der Waals surface area contributed by atoms with Gasteiger partial charge in [0, 0.05) is 19.2 Å². The molecule has 23 heavy (non-hydrogen) atoms. The third kappa shape index (κ3) is 2.86. The number of ether oxygens (including phenoxy) is 2. The number of aromatic nitrogens is 2. The van der Waals surface area contributed by atoms with Crippen molar-refractivity contribution in [3.05, 3.63) is 40.2 Å². The van der Waals surface area contributed by atoms with Gasteiger partial charge >= 0.3 is 0 Å². The number of benzene rings is 1. The molecule has 0 saturated heterocycles. The van der Waals surface area contributed by atoms with E-state index >= 15 is 0 Å². The van der Waals surface area contributed by atoms with Crippen molar-refractivity contribution < 1.29 is 14.3 Å². The van der Waals surface area contributed by atoms with E-state index in [4.69, 9.17) is 21.1 Å². The molecule has 1 amide bonds. The van der Waals surface area contributed by atoms with Crippen molar-refractivity contribution in [2.24, 2.45) is 7.05 Å². The van der Waals surface area contributed by atoms with Crippen LogP contribution in [-0.4, -0.2) is 40.8 Å². The first-order chi connectivity index (χ1) is 11.0. The Morgan fingerprint density at radius 1 is 1.43 bits per heavy atom. The second-order valence-electron chi connectivity index (χ2n) is 5.42. The molecule has 0 unspecified atom stereocenters. The Balaban J connectivity index is 1.90. The molecule has 1 aromatic heterocycles. The monoisotopic (exact) mass is 335 g/mol. The van der Waals surface area contributed by atoms with Crippen LogP contribution in [-0.2, 0) is 13.6 Å². The zero-order valence-corrected chi connectivity index (χ0v) is 14.1. The van der Waals surface area contributed by atoms with Crippen molar-refractivity contribution in [3.8, 4) is 11.5 Å². The number of rotatable bonds is 2. The van der Waals surface area contributed by atoms with Gasteiger partial charge in [0.25, 0.3) is 5.91 Å². The van der Waals surface area contributed by atoms with Crippen molar-refractivity contribution in [2.45, 2.75) is 13.5 Å². The number of halogens is 1. The highest BCUT2D eigenvalue weighted by Crippen LogP contribution is 2.29. The molecule has 1 aliphatic rings. The van der Waals surface area contributed by atoms with Gasteiger partial charge in [-0.05, 0) is 25.1 Å². The molecule has 0 atom stereocenters. The van der Waals surface area contributed by atoms with Gasteiger partial charge in [-0.3, -0.25) is 9.48 Å². The fourth-order valence-corrected chi connectivity index (χ4v) is 2.78. The van der Waals surface area contributed by atoms with E-state index in [-0.39, 0.29) is 11.6 Å². The average Bonchev–Trinajstić information content (AvgIpc) is 2.74. The highest BCUT2D eigenvalue weighted by molar-refractivity contribution is 6.34. The molecule has 0 saturated carbocycles. The molecule has 1 aliphatic heterocycles. The summed E-state index contributed by atoms with van der Waals surface area (Å²) < 4.78 is 12.6. The fraction of sp³-hybridized carbons (Fsp3) is 0.375. The molecule has 7 heteroatoms. The molecule has 0 spiro atoms. The Kier molecular flexibility index (Phi) is 4.17. The summed E-state index contributed by atoms with van der Waals surface area (Å²) in [6, 6.07) is 5.58. The number of carbonyl (C=O) groups is 1. The summed E-state index contributed by atoms with van der Waals surface area (Å²) in [6.07, 6.45) is 0. The van der Waals surface area contributed by atoms with Gasteiger partial charge < -0.3 is 14.4 Å². The lowest BCUT2D eigenvalue weighted by Crippen LogP contribution is -2.33. The number of hydrogen-bond donors (Lipinski definition) is 0. The highest BCUT2D eigenvalue weighted by Gasteiger charge is 2.26. The molecular formula is C16H18ClN3O3. The van der Waals surface area contributed by atoms with Crippen LogP contribution in [0, 0.1) is 6.92 Å². The number of nitrogens with zero attached hydrogens (tertiary/aromatic N) is 3. The largest absolute Gasteiger partial charge is 0.497 e. The van der Waals surface area contributed by atoms with Crippen LogP contribution < -0.4 is 9.47 Å². The Morgan fingerprint density at radius 3 is 2.87 bits per heavy atom. The van der Waals surface area contributed by atoms with Gasteiger partial charge in [0.2, 0.25) is 0 Å². The van der Waals surface area contributed by atoms with Crippen molar-refractivity contribution in [2.75, 3.05) is 20.3 Å². The predicted octanol–water partition coefficient (Wildman–Crippen LogP) is 2.43. The second kappa shape index (κ2) is 6.12. The summed E-state index contributed by atoms with van der Waals surface area (Å²) >= 11 is 6.23. The number of methoxy groups -OCH3 is 1. The molecular weight excluding hydrogens is 318 g/mol. The lowest BCUT2D eigenvalue weighted by atomic mass is 10.1. The van der Waals surface area contributed by atoms with E-state index in [1.807, 2.05) is 25.1 Å². The number of aryl methyl sites for hydroxylation is 1. The molecule has 0 radical (unpaired) electrons. The minimum absolute atomic E-state index is 0.196. The Morgan fingerprint density at radius 2 is 2.22 bits per heavy atom. The third-order valence-electron chi connectivity index (χ3n) is 4.00. The molecule has 1 aromatic carbocycles. The van der Waals surface area contributed by atoms with Crippen molar-refractivity contribution in [1.29, 1.82) is 0 Å². The summed E-state index contributed by atoms with van der Waals surface area (Å²) in [5, 5.41) is 4.63. The zero-order valence-electron chi connectivity index (χ0n) is 13.3.